The molecule has 0 N–H and O–H groups in total. The van der Waals surface area contributed by atoms with E-state index in [9.17, 15) is 0 Å². The maximum atomic E-state index is 5.61. The maximum Gasteiger partial charge on any atom is 0.249 e. The Morgan fingerprint density at radius 3 is 2.93 bits per heavy atom. The molecule has 1 fully saturated rings. The summed E-state index contributed by atoms with van der Waals surface area (Å²) in [6.07, 6.45) is 7.05. The highest BCUT2D eigenvalue weighted by atomic mass is 16.5. The van der Waals surface area contributed by atoms with E-state index in [0.717, 1.165) is 19.4 Å². The molecule has 4 rings (SSSR count). The molecular formula is C18H20N6O3. The molecule has 0 aromatic carbocycles. The van der Waals surface area contributed by atoms with Gasteiger partial charge >= 0.3 is 0 Å². The van der Waals surface area contributed by atoms with Crippen molar-refractivity contribution in [3.05, 3.63) is 42.7 Å². The molecule has 3 aromatic heterocycles. The SMILES string of the molecule is COCCOc1ccnc(-c2noc(C3CCCN3c3ncccn3)n2)c1. The summed E-state index contributed by atoms with van der Waals surface area (Å²) in [5.74, 6) is 2.33. The second kappa shape index (κ2) is 8.09. The van der Waals surface area contributed by atoms with E-state index in [2.05, 4.69) is 30.0 Å². The van der Waals surface area contributed by atoms with Gasteiger partial charge in [0.05, 0.1) is 6.61 Å². The van der Waals surface area contributed by atoms with Crippen molar-refractivity contribution in [3.63, 3.8) is 0 Å². The van der Waals surface area contributed by atoms with E-state index in [-0.39, 0.29) is 6.04 Å². The normalized spacial score (nSPS) is 16.6. The van der Waals surface area contributed by atoms with Crippen molar-refractivity contribution < 1.29 is 14.0 Å². The summed E-state index contributed by atoms with van der Waals surface area (Å²) in [4.78, 5) is 19.6. The van der Waals surface area contributed by atoms with Crippen LogP contribution < -0.4 is 9.64 Å². The third-order valence-electron chi connectivity index (χ3n) is 4.31. The average molecular weight is 368 g/mol. The molecule has 9 heteroatoms. The highest BCUT2D eigenvalue weighted by Gasteiger charge is 2.32. The molecule has 1 atom stereocenters. The molecule has 1 aliphatic rings. The van der Waals surface area contributed by atoms with Gasteiger partial charge in [0.15, 0.2) is 0 Å². The first-order valence-electron chi connectivity index (χ1n) is 8.80. The van der Waals surface area contributed by atoms with E-state index in [4.69, 9.17) is 14.0 Å². The van der Waals surface area contributed by atoms with Crippen LogP contribution in [0.4, 0.5) is 5.95 Å². The monoisotopic (exact) mass is 368 g/mol. The van der Waals surface area contributed by atoms with Crippen LogP contribution in [0.2, 0.25) is 0 Å². The second-order valence-electron chi connectivity index (χ2n) is 6.07. The molecule has 27 heavy (non-hydrogen) atoms. The average Bonchev–Trinajstić information content (AvgIpc) is 3.39. The second-order valence-corrected chi connectivity index (χ2v) is 6.07. The molecular weight excluding hydrogens is 348 g/mol. The lowest BCUT2D eigenvalue weighted by Gasteiger charge is -2.21. The molecule has 0 bridgehead atoms. The van der Waals surface area contributed by atoms with Gasteiger partial charge in [-0.15, -0.1) is 0 Å². The van der Waals surface area contributed by atoms with E-state index in [1.54, 1.807) is 43.9 Å². The number of pyridine rings is 1. The predicted octanol–water partition coefficient (Wildman–Crippen LogP) is 2.29. The predicted molar refractivity (Wildman–Crippen MR) is 96.3 cm³/mol. The Morgan fingerprint density at radius 1 is 1.19 bits per heavy atom. The minimum absolute atomic E-state index is 0.0326. The van der Waals surface area contributed by atoms with E-state index < -0.39 is 0 Å². The standard InChI is InChI=1S/C18H20N6O3/c1-25-10-11-26-13-5-8-19-14(12-13)16-22-17(27-23-16)15-4-2-9-24(15)18-20-6-3-7-21-18/h3,5-8,12,15H,2,4,9-11H2,1H3. The summed E-state index contributed by atoms with van der Waals surface area (Å²) in [6.45, 7) is 1.84. The van der Waals surface area contributed by atoms with Crippen LogP contribution in [-0.4, -0.2) is 52.0 Å². The molecule has 0 spiro atoms. The minimum Gasteiger partial charge on any atom is -0.491 e. The summed E-state index contributed by atoms with van der Waals surface area (Å²) in [7, 11) is 1.63. The van der Waals surface area contributed by atoms with Crippen LogP contribution in [0.5, 0.6) is 5.75 Å². The molecule has 1 unspecified atom stereocenters. The molecule has 0 amide bonds. The van der Waals surface area contributed by atoms with Gasteiger partial charge in [0.2, 0.25) is 17.7 Å². The number of methoxy groups -OCH3 is 1. The quantitative estimate of drug-likeness (QED) is 0.581. The summed E-state index contributed by atoms with van der Waals surface area (Å²) >= 11 is 0. The molecule has 0 saturated carbocycles. The van der Waals surface area contributed by atoms with Gasteiger partial charge in [0.1, 0.15) is 24.1 Å². The Morgan fingerprint density at radius 2 is 2.07 bits per heavy atom. The van der Waals surface area contributed by atoms with Gasteiger partial charge in [-0.2, -0.15) is 4.98 Å². The fourth-order valence-corrected chi connectivity index (χ4v) is 3.04. The summed E-state index contributed by atoms with van der Waals surface area (Å²) in [5.41, 5.74) is 0.598. The number of hydrogen-bond acceptors (Lipinski definition) is 9. The number of ether oxygens (including phenoxy) is 2. The summed E-state index contributed by atoms with van der Waals surface area (Å²) in [6, 6.07) is 5.34. The molecule has 9 nitrogen and oxygen atoms in total. The lowest BCUT2D eigenvalue weighted by atomic mass is 10.2. The van der Waals surface area contributed by atoms with Gasteiger partial charge in [-0.05, 0) is 25.0 Å². The topological polar surface area (TPSA) is 99.3 Å². The molecule has 140 valence electrons. The number of anilines is 1. The van der Waals surface area contributed by atoms with E-state index in [1.165, 1.54) is 0 Å². The van der Waals surface area contributed by atoms with E-state index in [0.29, 0.717) is 42.3 Å². The van der Waals surface area contributed by atoms with Gasteiger partial charge < -0.3 is 18.9 Å². The Kier molecular flexibility index (Phi) is 5.20. The fourth-order valence-electron chi connectivity index (χ4n) is 3.04. The highest BCUT2D eigenvalue weighted by Crippen LogP contribution is 2.34. The maximum absolute atomic E-state index is 5.61. The van der Waals surface area contributed by atoms with Crippen molar-refractivity contribution in [3.8, 4) is 17.3 Å². The first-order chi connectivity index (χ1) is 13.3. The first-order valence-corrected chi connectivity index (χ1v) is 8.80. The van der Waals surface area contributed by atoms with Crippen molar-refractivity contribution in [2.24, 2.45) is 0 Å². The molecule has 0 radical (unpaired) electrons. The van der Waals surface area contributed by atoms with Crippen LogP contribution in [0.1, 0.15) is 24.8 Å². The van der Waals surface area contributed by atoms with Crippen LogP contribution in [0, 0.1) is 0 Å². The first kappa shape index (κ1) is 17.3. The highest BCUT2D eigenvalue weighted by molar-refractivity contribution is 5.51. The Balaban J connectivity index is 1.52. The largest absolute Gasteiger partial charge is 0.491 e. The Labute approximate surface area is 156 Å². The zero-order valence-corrected chi connectivity index (χ0v) is 15.0. The third kappa shape index (κ3) is 3.87. The summed E-state index contributed by atoms with van der Waals surface area (Å²) < 4.78 is 16.1. The minimum atomic E-state index is -0.0326. The number of hydrogen-bond donors (Lipinski definition) is 0. The molecule has 1 saturated heterocycles. The number of aromatic nitrogens is 5. The van der Waals surface area contributed by atoms with Crippen LogP contribution in [-0.2, 0) is 4.74 Å². The third-order valence-corrected chi connectivity index (χ3v) is 4.31. The lowest BCUT2D eigenvalue weighted by molar-refractivity contribution is 0.146. The molecule has 1 aliphatic heterocycles. The van der Waals surface area contributed by atoms with Crippen molar-refractivity contribution in [2.75, 3.05) is 31.8 Å². The Bertz CT molecular complexity index is 872. The van der Waals surface area contributed by atoms with Crippen molar-refractivity contribution in [2.45, 2.75) is 18.9 Å². The van der Waals surface area contributed by atoms with E-state index in [1.807, 2.05) is 0 Å². The fraction of sp³-hybridized carbons (Fsp3) is 0.389. The van der Waals surface area contributed by atoms with Crippen molar-refractivity contribution in [1.29, 1.82) is 0 Å². The van der Waals surface area contributed by atoms with Crippen LogP contribution in [0.3, 0.4) is 0 Å². The van der Waals surface area contributed by atoms with Crippen molar-refractivity contribution in [1.82, 2.24) is 25.1 Å². The van der Waals surface area contributed by atoms with Gasteiger partial charge in [-0.25, -0.2) is 9.97 Å². The number of rotatable bonds is 7. The van der Waals surface area contributed by atoms with Gasteiger partial charge in [-0.1, -0.05) is 5.16 Å². The van der Waals surface area contributed by atoms with Gasteiger partial charge in [0.25, 0.3) is 0 Å². The smallest absolute Gasteiger partial charge is 0.249 e. The van der Waals surface area contributed by atoms with Gasteiger partial charge in [0, 0.05) is 38.3 Å². The molecule has 0 aliphatic carbocycles. The zero-order valence-electron chi connectivity index (χ0n) is 15.0. The lowest BCUT2D eigenvalue weighted by Crippen LogP contribution is -2.24. The zero-order chi connectivity index (χ0) is 18.5. The Hall–Kier alpha value is -3.07. The van der Waals surface area contributed by atoms with Crippen LogP contribution in [0.25, 0.3) is 11.5 Å². The molecule has 3 aromatic rings. The van der Waals surface area contributed by atoms with E-state index >= 15 is 0 Å². The molecule has 4 heterocycles. The number of nitrogens with zero attached hydrogens (tertiary/aromatic N) is 6. The van der Waals surface area contributed by atoms with Crippen LogP contribution in [0.15, 0.2) is 41.3 Å². The summed E-state index contributed by atoms with van der Waals surface area (Å²) in [5, 5.41) is 4.10. The van der Waals surface area contributed by atoms with Crippen molar-refractivity contribution >= 4 is 5.95 Å². The van der Waals surface area contributed by atoms with Crippen LogP contribution >= 0.6 is 0 Å². The van der Waals surface area contributed by atoms with Gasteiger partial charge in [-0.3, -0.25) is 4.98 Å².